The number of hydrogen-bond acceptors (Lipinski definition) is 10. The molecule has 1 saturated heterocycles. The van der Waals surface area contributed by atoms with Crippen molar-refractivity contribution in [2.45, 2.75) is 43.6 Å². The number of hydrogen-bond donors (Lipinski definition) is 4. The quantitative estimate of drug-likeness (QED) is 0.312. The van der Waals surface area contributed by atoms with Gasteiger partial charge in [-0.2, -0.15) is 0 Å². The van der Waals surface area contributed by atoms with Crippen molar-refractivity contribution in [3.05, 3.63) is 59.4 Å². The maximum absolute atomic E-state index is 12.4. The Labute approximate surface area is 194 Å². The second-order valence-corrected chi connectivity index (χ2v) is 8.19. The fraction of sp³-hybridized carbons (Fsp3) is 0.478. The first-order valence-corrected chi connectivity index (χ1v) is 10.7. The van der Waals surface area contributed by atoms with E-state index in [0.717, 1.165) is 6.26 Å². The van der Waals surface area contributed by atoms with Gasteiger partial charge >= 0.3 is 11.9 Å². The predicted molar refractivity (Wildman–Crippen MR) is 112 cm³/mol. The van der Waals surface area contributed by atoms with Crippen molar-refractivity contribution in [1.82, 2.24) is 0 Å². The van der Waals surface area contributed by atoms with Gasteiger partial charge in [-0.15, -0.1) is 0 Å². The van der Waals surface area contributed by atoms with Crippen molar-refractivity contribution in [3.8, 4) is 0 Å². The van der Waals surface area contributed by atoms with Gasteiger partial charge in [0.15, 0.2) is 12.6 Å². The van der Waals surface area contributed by atoms with Gasteiger partial charge < -0.3 is 44.1 Å². The van der Waals surface area contributed by atoms with E-state index < -0.39 is 61.0 Å². The minimum absolute atomic E-state index is 0.0285. The standard InChI is InChI=1S/C23H26O11/c1-30-22-17(25)16(24)18(26)23(34-22)33-21-15-12(7-8-13(15)14(10-32-21)19(27)28)9-31-20(29)11-5-3-2-4-6-11/h2-7,10,13,15-18,21-26H,8-9H2,1H3,(H,27,28)/t13-,15-,16-,17-,18+,21+,22-,23+/m0/s1. The number of esters is 1. The van der Waals surface area contributed by atoms with Crippen LogP contribution < -0.4 is 0 Å². The number of benzene rings is 1. The van der Waals surface area contributed by atoms with Crippen molar-refractivity contribution in [2.75, 3.05) is 13.7 Å². The van der Waals surface area contributed by atoms with E-state index in [2.05, 4.69) is 0 Å². The molecule has 34 heavy (non-hydrogen) atoms. The van der Waals surface area contributed by atoms with E-state index >= 15 is 0 Å². The number of carbonyl (C=O) groups is 2. The molecule has 4 rings (SSSR count). The lowest BCUT2D eigenvalue weighted by atomic mass is 9.83. The third kappa shape index (κ3) is 4.71. The van der Waals surface area contributed by atoms with Crippen LogP contribution in [0.5, 0.6) is 0 Å². The number of methoxy groups -OCH3 is 1. The van der Waals surface area contributed by atoms with Crippen LogP contribution in [0.15, 0.2) is 53.8 Å². The predicted octanol–water partition coefficient (Wildman–Crippen LogP) is 0.159. The third-order valence-electron chi connectivity index (χ3n) is 6.17. The van der Waals surface area contributed by atoms with Crippen LogP contribution in [0.4, 0.5) is 0 Å². The number of allylic oxidation sites excluding steroid dienone is 1. The van der Waals surface area contributed by atoms with E-state index in [1.807, 2.05) is 0 Å². The fourth-order valence-electron chi connectivity index (χ4n) is 4.36. The number of carboxylic acids is 1. The Morgan fingerprint density at radius 3 is 2.41 bits per heavy atom. The van der Waals surface area contributed by atoms with Gasteiger partial charge in [0.2, 0.25) is 6.29 Å². The Morgan fingerprint density at radius 2 is 1.74 bits per heavy atom. The molecule has 1 aromatic carbocycles. The lowest BCUT2D eigenvalue weighted by molar-refractivity contribution is -0.372. The van der Waals surface area contributed by atoms with Crippen LogP contribution >= 0.6 is 0 Å². The van der Waals surface area contributed by atoms with Crippen molar-refractivity contribution >= 4 is 11.9 Å². The number of ether oxygens (including phenoxy) is 5. The molecule has 184 valence electrons. The average molecular weight is 478 g/mol. The van der Waals surface area contributed by atoms with Gasteiger partial charge in [0, 0.05) is 13.0 Å². The summed E-state index contributed by atoms with van der Waals surface area (Å²) in [7, 11) is 1.25. The fourth-order valence-corrected chi connectivity index (χ4v) is 4.36. The highest BCUT2D eigenvalue weighted by Gasteiger charge is 2.50. The first-order valence-electron chi connectivity index (χ1n) is 10.7. The van der Waals surface area contributed by atoms with Gasteiger partial charge in [0.05, 0.1) is 23.3 Å². The molecule has 8 atom stereocenters. The van der Waals surface area contributed by atoms with Gasteiger partial charge in [-0.05, 0) is 24.1 Å². The summed E-state index contributed by atoms with van der Waals surface area (Å²) in [6.45, 7) is -0.124. The molecule has 1 fully saturated rings. The normalized spacial score (nSPS) is 34.9. The second-order valence-electron chi connectivity index (χ2n) is 8.19. The molecule has 11 nitrogen and oxygen atoms in total. The summed E-state index contributed by atoms with van der Waals surface area (Å²) in [5.41, 5.74) is 0.981. The largest absolute Gasteiger partial charge is 0.478 e. The molecule has 3 aliphatic rings. The first-order chi connectivity index (χ1) is 16.3. The van der Waals surface area contributed by atoms with Gasteiger partial charge in [0.25, 0.3) is 0 Å². The molecule has 2 aliphatic heterocycles. The molecule has 0 saturated carbocycles. The highest BCUT2D eigenvalue weighted by Crippen LogP contribution is 2.44. The van der Waals surface area contributed by atoms with Crippen LogP contribution in [-0.2, 0) is 28.5 Å². The molecule has 1 aliphatic carbocycles. The summed E-state index contributed by atoms with van der Waals surface area (Å²) in [5.74, 6) is -2.90. The molecule has 0 bridgehead atoms. The second kappa shape index (κ2) is 10.2. The van der Waals surface area contributed by atoms with Gasteiger partial charge in [-0.25, -0.2) is 9.59 Å². The molecular weight excluding hydrogens is 452 g/mol. The van der Waals surface area contributed by atoms with Crippen molar-refractivity contribution in [2.24, 2.45) is 11.8 Å². The number of aliphatic hydroxyl groups is 3. The Hall–Kier alpha value is -2.80. The molecular formula is C23H26O11. The number of carboxylic acid groups (broad SMARTS) is 1. The van der Waals surface area contributed by atoms with Crippen molar-refractivity contribution in [3.63, 3.8) is 0 Å². The summed E-state index contributed by atoms with van der Waals surface area (Å²) in [5, 5.41) is 40.0. The summed E-state index contributed by atoms with van der Waals surface area (Å²) in [6, 6.07) is 8.41. The number of carbonyl (C=O) groups excluding carboxylic acids is 1. The Morgan fingerprint density at radius 1 is 1.03 bits per heavy atom. The van der Waals surface area contributed by atoms with Crippen LogP contribution in [0.25, 0.3) is 0 Å². The molecule has 0 radical (unpaired) electrons. The smallest absolute Gasteiger partial charge is 0.338 e. The minimum atomic E-state index is -1.63. The number of rotatable bonds is 7. The molecule has 1 aromatic rings. The van der Waals surface area contributed by atoms with Crippen LogP contribution in [0.2, 0.25) is 0 Å². The summed E-state index contributed by atoms with van der Waals surface area (Å²) in [6.07, 6.45) is -5.38. The van der Waals surface area contributed by atoms with Gasteiger partial charge in [0.1, 0.15) is 24.9 Å². The average Bonchev–Trinajstić information content (AvgIpc) is 3.27. The zero-order valence-electron chi connectivity index (χ0n) is 18.2. The topological polar surface area (TPSA) is 161 Å². The zero-order valence-corrected chi connectivity index (χ0v) is 18.2. The van der Waals surface area contributed by atoms with E-state index in [1.54, 1.807) is 36.4 Å². The summed E-state index contributed by atoms with van der Waals surface area (Å²) >= 11 is 0. The Balaban J connectivity index is 1.51. The highest BCUT2D eigenvalue weighted by atomic mass is 16.8. The maximum atomic E-state index is 12.4. The van der Waals surface area contributed by atoms with E-state index in [4.69, 9.17) is 23.7 Å². The van der Waals surface area contributed by atoms with E-state index in [1.165, 1.54) is 7.11 Å². The monoisotopic (exact) mass is 478 g/mol. The number of aliphatic carboxylic acids is 1. The summed E-state index contributed by atoms with van der Waals surface area (Å²) in [4.78, 5) is 24.1. The van der Waals surface area contributed by atoms with E-state index in [-0.39, 0.29) is 12.2 Å². The molecule has 4 N–H and O–H groups in total. The molecule has 0 spiro atoms. The van der Waals surface area contributed by atoms with Crippen LogP contribution in [0.1, 0.15) is 16.8 Å². The third-order valence-corrected chi connectivity index (χ3v) is 6.17. The highest BCUT2D eigenvalue weighted by molar-refractivity contribution is 5.89. The van der Waals surface area contributed by atoms with Gasteiger partial charge in [-0.3, -0.25) is 0 Å². The number of fused-ring (bicyclic) bond motifs is 1. The molecule has 0 unspecified atom stereocenters. The maximum Gasteiger partial charge on any atom is 0.338 e. The Bertz CT molecular complexity index is 957. The SMILES string of the molecule is CO[C@H]1O[C@@H](O[C@H]2OC=C(C(=O)O)[C@@H]3CC=C(COC(=O)c4ccccc4)[C@H]23)[C@H](O)[C@@H](O)[C@@H]1O. The summed E-state index contributed by atoms with van der Waals surface area (Å²) < 4.78 is 27.2. The number of aliphatic hydroxyl groups excluding tert-OH is 3. The minimum Gasteiger partial charge on any atom is -0.478 e. The molecule has 0 amide bonds. The van der Waals surface area contributed by atoms with E-state index in [9.17, 15) is 30.0 Å². The van der Waals surface area contributed by atoms with Crippen molar-refractivity contribution < 1.29 is 53.7 Å². The molecule has 11 heteroatoms. The van der Waals surface area contributed by atoms with Gasteiger partial charge in [-0.1, -0.05) is 24.3 Å². The van der Waals surface area contributed by atoms with E-state index in [0.29, 0.717) is 17.6 Å². The first kappa shape index (κ1) is 24.3. The van der Waals surface area contributed by atoms with Crippen LogP contribution in [0.3, 0.4) is 0 Å². The molecule has 2 heterocycles. The van der Waals surface area contributed by atoms with Crippen LogP contribution in [0, 0.1) is 11.8 Å². The Kier molecular flexibility index (Phi) is 7.31. The van der Waals surface area contributed by atoms with Crippen molar-refractivity contribution in [1.29, 1.82) is 0 Å². The van der Waals surface area contributed by atoms with Crippen LogP contribution in [-0.4, -0.2) is 83.3 Å². The lowest BCUT2D eigenvalue weighted by Gasteiger charge is -2.42. The lowest BCUT2D eigenvalue weighted by Crippen LogP contribution is -2.59. The zero-order chi connectivity index (χ0) is 24.4. The molecule has 0 aromatic heterocycles.